The molecule has 2 heterocycles. The summed E-state index contributed by atoms with van der Waals surface area (Å²) in [6, 6.07) is 12.1. The third-order valence-electron chi connectivity index (χ3n) is 4.04. The average molecular weight is 387 g/mol. The number of hydrogen-bond acceptors (Lipinski definition) is 5. The van der Waals surface area contributed by atoms with E-state index in [1.54, 1.807) is 18.2 Å². The molecule has 0 saturated carbocycles. The van der Waals surface area contributed by atoms with Gasteiger partial charge in [0, 0.05) is 16.5 Å². The van der Waals surface area contributed by atoms with Crippen LogP contribution in [0, 0.1) is 0 Å². The number of hydrogen-bond donors (Lipinski definition) is 3. The third kappa shape index (κ3) is 3.39. The van der Waals surface area contributed by atoms with Gasteiger partial charge < -0.3 is 15.5 Å². The van der Waals surface area contributed by atoms with Crippen LogP contribution in [-0.2, 0) is 0 Å². The van der Waals surface area contributed by atoms with Gasteiger partial charge >= 0.3 is 12.1 Å². The summed E-state index contributed by atoms with van der Waals surface area (Å²) in [5, 5.41) is 7.30. The first-order valence-electron chi connectivity index (χ1n) is 8.01. The number of nitrogens with one attached hydrogen (secondary N) is 2. The summed E-state index contributed by atoms with van der Waals surface area (Å²) >= 11 is 0. The van der Waals surface area contributed by atoms with Gasteiger partial charge in [0.25, 0.3) is 0 Å². The number of ether oxygens (including phenoxy) is 1. The number of fused-ring (bicyclic) bond motifs is 1. The number of para-hydroxylation sites is 1. The Balaban J connectivity index is 1.84. The van der Waals surface area contributed by atoms with Gasteiger partial charge in [-0.15, -0.1) is 13.2 Å². The second kappa shape index (κ2) is 6.41. The molecule has 0 aliphatic rings. The van der Waals surface area contributed by atoms with Gasteiger partial charge in [-0.25, -0.2) is 4.79 Å². The second-order valence-corrected chi connectivity index (χ2v) is 5.90. The van der Waals surface area contributed by atoms with Crippen molar-refractivity contribution < 1.29 is 17.9 Å². The molecule has 0 saturated heterocycles. The zero-order valence-electron chi connectivity index (χ0n) is 14.0. The number of anilines is 1. The predicted molar refractivity (Wildman–Crippen MR) is 96.5 cm³/mol. The van der Waals surface area contributed by atoms with Crippen molar-refractivity contribution in [1.82, 2.24) is 20.2 Å². The molecule has 0 spiro atoms. The SMILES string of the molecule is Nc1n[nH]c2ccc(-c3cc(-c4ccccc4OC(F)(F)F)[nH]c(=O)n3)cc12. The minimum Gasteiger partial charge on any atom is -0.405 e. The number of benzene rings is 2. The lowest BCUT2D eigenvalue weighted by atomic mass is 10.1. The normalized spacial score (nSPS) is 11.7. The summed E-state index contributed by atoms with van der Waals surface area (Å²) in [6.07, 6.45) is -4.86. The van der Waals surface area contributed by atoms with Gasteiger partial charge in [0.15, 0.2) is 5.82 Å². The highest BCUT2D eigenvalue weighted by molar-refractivity contribution is 5.92. The third-order valence-corrected chi connectivity index (χ3v) is 4.04. The molecular weight excluding hydrogens is 375 g/mol. The molecule has 142 valence electrons. The number of alkyl halides is 3. The number of nitrogens with zero attached hydrogens (tertiary/aromatic N) is 2. The first-order valence-corrected chi connectivity index (χ1v) is 8.01. The summed E-state index contributed by atoms with van der Waals surface area (Å²) in [5.41, 5.74) is 6.82. The standard InChI is InChI=1S/C18H12F3N5O2/c19-18(20,21)28-15-4-2-1-3-10(15)14-8-13(23-17(27)24-14)9-5-6-12-11(7-9)16(22)26-25-12/h1-8H,(H3,22,25,26)(H,23,24,27). The lowest BCUT2D eigenvalue weighted by molar-refractivity contribution is -0.274. The fourth-order valence-electron chi connectivity index (χ4n) is 2.85. The summed E-state index contributed by atoms with van der Waals surface area (Å²) in [6.45, 7) is 0. The molecule has 0 bridgehead atoms. The van der Waals surface area contributed by atoms with Gasteiger partial charge in [-0.05, 0) is 30.3 Å². The van der Waals surface area contributed by atoms with Crippen LogP contribution < -0.4 is 16.2 Å². The van der Waals surface area contributed by atoms with E-state index in [1.165, 1.54) is 30.3 Å². The highest BCUT2D eigenvalue weighted by atomic mass is 19.4. The molecule has 4 N–H and O–H groups in total. The van der Waals surface area contributed by atoms with Gasteiger partial charge in [-0.1, -0.05) is 18.2 Å². The highest BCUT2D eigenvalue weighted by Gasteiger charge is 2.32. The number of rotatable bonds is 3. The van der Waals surface area contributed by atoms with E-state index in [0.717, 1.165) is 0 Å². The number of nitrogens with two attached hydrogens (primary N) is 1. The Morgan fingerprint density at radius 2 is 1.86 bits per heavy atom. The van der Waals surface area contributed by atoms with Gasteiger partial charge in [-0.3, -0.25) is 5.10 Å². The van der Waals surface area contributed by atoms with E-state index in [0.29, 0.717) is 16.5 Å². The van der Waals surface area contributed by atoms with Crippen molar-refractivity contribution in [2.24, 2.45) is 0 Å². The molecule has 0 radical (unpaired) electrons. The highest BCUT2D eigenvalue weighted by Crippen LogP contribution is 2.33. The molecule has 0 atom stereocenters. The Morgan fingerprint density at radius 1 is 1.07 bits per heavy atom. The molecule has 10 heteroatoms. The lowest BCUT2D eigenvalue weighted by Crippen LogP contribution is -2.18. The van der Waals surface area contributed by atoms with Crippen molar-refractivity contribution in [2.45, 2.75) is 6.36 Å². The molecule has 7 nitrogen and oxygen atoms in total. The van der Waals surface area contributed by atoms with Crippen LogP contribution in [-0.4, -0.2) is 26.5 Å². The quantitative estimate of drug-likeness (QED) is 0.499. The summed E-state index contributed by atoms with van der Waals surface area (Å²) < 4.78 is 42.1. The van der Waals surface area contributed by atoms with E-state index >= 15 is 0 Å². The predicted octanol–water partition coefficient (Wildman–Crippen LogP) is 3.46. The van der Waals surface area contributed by atoms with E-state index in [1.807, 2.05) is 0 Å². The zero-order chi connectivity index (χ0) is 19.9. The minimum absolute atomic E-state index is 0.0736. The van der Waals surface area contributed by atoms with Crippen LogP contribution in [0.1, 0.15) is 0 Å². The average Bonchev–Trinajstić information content (AvgIpc) is 3.01. The number of nitrogen functional groups attached to an aromatic ring is 1. The maximum absolute atomic E-state index is 12.7. The van der Waals surface area contributed by atoms with E-state index in [2.05, 4.69) is 24.9 Å². The van der Waals surface area contributed by atoms with Crippen molar-refractivity contribution in [3.63, 3.8) is 0 Å². The van der Waals surface area contributed by atoms with E-state index in [-0.39, 0.29) is 22.8 Å². The molecule has 28 heavy (non-hydrogen) atoms. The summed E-state index contributed by atoms with van der Waals surface area (Å²) in [4.78, 5) is 18.4. The fourth-order valence-corrected chi connectivity index (χ4v) is 2.85. The Kier molecular flexibility index (Phi) is 4.03. The molecule has 2 aromatic carbocycles. The molecule has 4 aromatic rings. The Hall–Kier alpha value is -3.82. The van der Waals surface area contributed by atoms with Crippen LogP contribution in [0.4, 0.5) is 19.0 Å². The van der Waals surface area contributed by atoms with Crippen LogP contribution in [0.25, 0.3) is 33.4 Å². The number of H-pyrrole nitrogens is 2. The fraction of sp³-hybridized carbons (Fsp3) is 0.0556. The maximum atomic E-state index is 12.7. The molecule has 2 aromatic heterocycles. The van der Waals surface area contributed by atoms with Crippen molar-refractivity contribution in [3.05, 3.63) is 59.0 Å². The van der Waals surface area contributed by atoms with Crippen molar-refractivity contribution in [2.75, 3.05) is 5.73 Å². The van der Waals surface area contributed by atoms with Gasteiger partial charge in [-0.2, -0.15) is 10.1 Å². The molecule has 0 unspecified atom stereocenters. The van der Waals surface area contributed by atoms with Crippen LogP contribution >= 0.6 is 0 Å². The van der Waals surface area contributed by atoms with E-state index < -0.39 is 17.8 Å². The first kappa shape index (κ1) is 17.6. The van der Waals surface area contributed by atoms with E-state index in [4.69, 9.17) is 5.73 Å². The summed E-state index contributed by atoms with van der Waals surface area (Å²) in [5.74, 6) is -0.150. The monoisotopic (exact) mass is 387 g/mol. The number of halogens is 3. The van der Waals surface area contributed by atoms with Gasteiger partial charge in [0.05, 0.1) is 16.9 Å². The van der Waals surface area contributed by atoms with Crippen molar-refractivity contribution in [1.29, 1.82) is 0 Å². The van der Waals surface area contributed by atoms with Crippen molar-refractivity contribution >= 4 is 16.7 Å². The lowest BCUT2D eigenvalue weighted by Gasteiger charge is -2.13. The minimum atomic E-state index is -4.86. The van der Waals surface area contributed by atoms with Gasteiger partial charge in [0.2, 0.25) is 0 Å². The van der Waals surface area contributed by atoms with Crippen LogP contribution in [0.2, 0.25) is 0 Å². The van der Waals surface area contributed by atoms with Crippen molar-refractivity contribution in [3.8, 4) is 28.3 Å². The summed E-state index contributed by atoms with van der Waals surface area (Å²) in [7, 11) is 0. The van der Waals surface area contributed by atoms with Crippen LogP contribution in [0.15, 0.2) is 53.3 Å². The second-order valence-electron chi connectivity index (χ2n) is 5.90. The topological polar surface area (TPSA) is 110 Å². The number of aromatic nitrogens is 4. The smallest absolute Gasteiger partial charge is 0.405 e. The first-order chi connectivity index (χ1) is 13.3. The molecule has 0 fully saturated rings. The molecule has 0 aliphatic carbocycles. The number of aromatic amines is 2. The molecule has 0 aliphatic heterocycles. The Labute approximate surface area is 155 Å². The molecular formula is C18H12F3N5O2. The van der Waals surface area contributed by atoms with Gasteiger partial charge in [0.1, 0.15) is 5.75 Å². The Morgan fingerprint density at radius 3 is 2.64 bits per heavy atom. The molecule has 0 amide bonds. The van der Waals surface area contributed by atoms with Crippen LogP contribution in [0.5, 0.6) is 5.75 Å². The maximum Gasteiger partial charge on any atom is 0.573 e. The van der Waals surface area contributed by atoms with E-state index in [9.17, 15) is 18.0 Å². The molecule has 4 rings (SSSR count). The largest absolute Gasteiger partial charge is 0.573 e. The zero-order valence-corrected chi connectivity index (χ0v) is 14.0. The Bertz CT molecular complexity index is 1230. The van der Waals surface area contributed by atoms with Crippen LogP contribution in [0.3, 0.4) is 0 Å².